The number of nitrogens with one attached hydrogen (secondary N) is 2. The number of hydrogen-bond acceptors (Lipinski definition) is 8. The maximum absolute atomic E-state index is 12.0. The largest absolute Gasteiger partial charge is 0.494 e. The number of carbonyl (C=O) groups excluding carboxylic acids is 1. The Morgan fingerprint density at radius 3 is 2.85 bits per heavy atom. The topological polar surface area (TPSA) is 89.3 Å². The Balaban J connectivity index is 1.42. The minimum absolute atomic E-state index is 0.0977. The molecule has 26 heavy (non-hydrogen) atoms. The van der Waals surface area contributed by atoms with Gasteiger partial charge in [-0.15, -0.1) is 10.2 Å². The highest BCUT2D eigenvalue weighted by molar-refractivity contribution is 8.01. The van der Waals surface area contributed by atoms with Gasteiger partial charge < -0.3 is 19.8 Å². The van der Waals surface area contributed by atoms with E-state index in [4.69, 9.17) is 9.15 Å². The lowest BCUT2D eigenvalue weighted by Gasteiger charge is -2.06. The van der Waals surface area contributed by atoms with Crippen LogP contribution in [0.15, 0.2) is 51.4 Å². The van der Waals surface area contributed by atoms with Crippen molar-refractivity contribution in [2.75, 3.05) is 23.0 Å². The van der Waals surface area contributed by atoms with Gasteiger partial charge in [0.2, 0.25) is 11.0 Å². The van der Waals surface area contributed by atoms with Crippen LogP contribution in [0.5, 0.6) is 5.75 Å². The number of anilines is 2. The molecule has 1 amide bonds. The molecule has 0 atom stereocenters. The third-order valence-corrected chi connectivity index (χ3v) is 5.19. The van der Waals surface area contributed by atoms with Gasteiger partial charge in [-0.05, 0) is 43.3 Å². The Labute approximate surface area is 159 Å². The molecule has 2 heterocycles. The average Bonchev–Trinajstić information content (AvgIpc) is 3.32. The fourth-order valence-corrected chi connectivity index (χ4v) is 3.59. The number of aromatic nitrogens is 2. The van der Waals surface area contributed by atoms with E-state index >= 15 is 0 Å². The van der Waals surface area contributed by atoms with Gasteiger partial charge in [0.25, 0.3) is 0 Å². The van der Waals surface area contributed by atoms with E-state index in [0.29, 0.717) is 18.3 Å². The van der Waals surface area contributed by atoms with E-state index in [0.717, 1.165) is 21.5 Å². The fraction of sp³-hybridized carbons (Fsp3) is 0.235. The molecule has 0 radical (unpaired) electrons. The third-order valence-electron chi connectivity index (χ3n) is 3.18. The van der Waals surface area contributed by atoms with Crippen LogP contribution in [0.4, 0.5) is 10.8 Å². The number of benzene rings is 1. The number of thioether (sulfide) groups is 1. The lowest BCUT2D eigenvalue weighted by atomic mass is 10.3. The number of carbonyl (C=O) groups is 1. The molecule has 0 bridgehead atoms. The molecule has 0 fully saturated rings. The van der Waals surface area contributed by atoms with E-state index in [1.54, 1.807) is 6.26 Å². The van der Waals surface area contributed by atoms with Gasteiger partial charge in [-0.2, -0.15) is 0 Å². The summed E-state index contributed by atoms with van der Waals surface area (Å²) in [6.45, 7) is 3.09. The molecule has 136 valence electrons. The molecule has 0 saturated carbocycles. The van der Waals surface area contributed by atoms with Gasteiger partial charge >= 0.3 is 0 Å². The highest BCUT2D eigenvalue weighted by Gasteiger charge is 2.09. The molecule has 0 unspecified atom stereocenters. The standard InChI is InChI=1S/C17H18N4O3S2/c1-2-23-13-7-5-12(6-8-13)19-15(22)11-25-17-21-20-16(26-17)18-10-14-4-3-9-24-14/h3-9H,2,10-11H2,1H3,(H,18,20)(H,19,22). The molecule has 0 aliphatic rings. The van der Waals surface area contributed by atoms with Gasteiger partial charge in [0, 0.05) is 5.69 Å². The number of hydrogen-bond donors (Lipinski definition) is 2. The minimum Gasteiger partial charge on any atom is -0.494 e. The van der Waals surface area contributed by atoms with E-state index < -0.39 is 0 Å². The first-order valence-electron chi connectivity index (χ1n) is 7.98. The fourth-order valence-electron chi connectivity index (χ4n) is 2.04. The summed E-state index contributed by atoms with van der Waals surface area (Å²) in [7, 11) is 0. The molecular formula is C17H18N4O3S2. The highest BCUT2D eigenvalue weighted by Crippen LogP contribution is 2.26. The minimum atomic E-state index is -0.0977. The van der Waals surface area contributed by atoms with Gasteiger partial charge in [0.05, 0.1) is 25.2 Å². The van der Waals surface area contributed by atoms with Crippen LogP contribution in [-0.2, 0) is 11.3 Å². The van der Waals surface area contributed by atoms with Crippen LogP contribution in [0.1, 0.15) is 12.7 Å². The number of rotatable bonds is 9. The molecule has 7 nitrogen and oxygen atoms in total. The van der Waals surface area contributed by atoms with Crippen molar-refractivity contribution in [1.82, 2.24) is 10.2 Å². The lowest BCUT2D eigenvalue weighted by Crippen LogP contribution is -2.13. The average molecular weight is 390 g/mol. The summed E-state index contributed by atoms with van der Waals surface area (Å²) < 4.78 is 11.4. The smallest absolute Gasteiger partial charge is 0.234 e. The zero-order valence-electron chi connectivity index (χ0n) is 14.1. The van der Waals surface area contributed by atoms with E-state index in [1.165, 1.54) is 23.1 Å². The van der Waals surface area contributed by atoms with E-state index in [1.807, 2.05) is 43.3 Å². The summed E-state index contributed by atoms with van der Waals surface area (Å²) in [4.78, 5) is 12.0. The maximum Gasteiger partial charge on any atom is 0.234 e. The van der Waals surface area contributed by atoms with Crippen LogP contribution < -0.4 is 15.4 Å². The van der Waals surface area contributed by atoms with Crippen molar-refractivity contribution >= 4 is 39.8 Å². The third kappa shape index (κ3) is 5.50. The van der Waals surface area contributed by atoms with Crippen molar-refractivity contribution in [3.63, 3.8) is 0 Å². The second kappa shape index (κ2) is 9.25. The van der Waals surface area contributed by atoms with Crippen LogP contribution in [-0.4, -0.2) is 28.5 Å². The first-order chi connectivity index (χ1) is 12.7. The molecule has 0 saturated heterocycles. The molecule has 0 spiro atoms. The zero-order chi connectivity index (χ0) is 18.2. The number of amides is 1. The quantitative estimate of drug-likeness (QED) is 0.536. The SMILES string of the molecule is CCOc1ccc(NC(=O)CSc2nnc(NCc3ccco3)s2)cc1. The van der Waals surface area contributed by atoms with Gasteiger partial charge in [0.15, 0.2) is 4.34 Å². The highest BCUT2D eigenvalue weighted by atomic mass is 32.2. The van der Waals surface area contributed by atoms with Crippen LogP contribution >= 0.6 is 23.1 Å². The zero-order valence-corrected chi connectivity index (χ0v) is 15.7. The molecule has 0 aliphatic heterocycles. The molecule has 3 aromatic rings. The summed E-state index contributed by atoms with van der Waals surface area (Å²) in [5, 5.41) is 14.8. The monoisotopic (exact) mass is 390 g/mol. The summed E-state index contributed by atoms with van der Waals surface area (Å²) in [5.74, 6) is 1.77. The van der Waals surface area contributed by atoms with Crippen molar-refractivity contribution in [3.05, 3.63) is 48.4 Å². The summed E-state index contributed by atoms with van der Waals surface area (Å²) >= 11 is 2.75. The lowest BCUT2D eigenvalue weighted by molar-refractivity contribution is -0.113. The van der Waals surface area contributed by atoms with Crippen LogP contribution in [0.3, 0.4) is 0 Å². The van der Waals surface area contributed by atoms with Crippen molar-refractivity contribution in [2.45, 2.75) is 17.8 Å². The van der Waals surface area contributed by atoms with Crippen molar-refractivity contribution < 1.29 is 13.9 Å². The Bertz CT molecular complexity index is 819. The molecule has 1 aromatic carbocycles. The van der Waals surface area contributed by atoms with E-state index in [-0.39, 0.29) is 11.7 Å². The number of furan rings is 1. The second-order valence-corrected chi connectivity index (χ2v) is 7.30. The molecule has 2 aromatic heterocycles. The van der Waals surface area contributed by atoms with Crippen LogP contribution in [0.2, 0.25) is 0 Å². The number of ether oxygens (including phenoxy) is 1. The van der Waals surface area contributed by atoms with Crippen LogP contribution in [0, 0.1) is 0 Å². The normalized spacial score (nSPS) is 10.5. The summed E-state index contributed by atoms with van der Waals surface area (Å²) in [5.41, 5.74) is 0.733. The molecule has 3 rings (SSSR count). The first kappa shape index (κ1) is 18.3. The molecule has 2 N–H and O–H groups in total. The second-order valence-electron chi connectivity index (χ2n) is 5.10. The van der Waals surface area contributed by atoms with E-state index in [9.17, 15) is 4.79 Å². The van der Waals surface area contributed by atoms with Crippen LogP contribution in [0.25, 0.3) is 0 Å². The first-order valence-corrected chi connectivity index (χ1v) is 9.78. The van der Waals surface area contributed by atoms with Crippen molar-refractivity contribution in [3.8, 4) is 5.75 Å². The number of nitrogens with zero attached hydrogens (tertiary/aromatic N) is 2. The Morgan fingerprint density at radius 2 is 2.12 bits per heavy atom. The van der Waals surface area contributed by atoms with Gasteiger partial charge in [-0.1, -0.05) is 23.1 Å². The van der Waals surface area contributed by atoms with Gasteiger partial charge in [-0.25, -0.2) is 0 Å². The Morgan fingerprint density at radius 1 is 1.27 bits per heavy atom. The Kier molecular flexibility index (Phi) is 6.50. The van der Waals surface area contributed by atoms with Gasteiger partial charge in [0.1, 0.15) is 11.5 Å². The predicted octanol–water partition coefficient (Wildman–Crippen LogP) is 3.87. The summed E-state index contributed by atoms with van der Waals surface area (Å²) in [6, 6.07) is 11.0. The van der Waals surface area contributed by atoms with Crippen molar-refractivity contribution in [1.29, 1.82) is 0 Å². The molecule has 0 aliphatic carbocycles. The molecule has 9 heteroatoms. The van der Waals surface area contributed by atoms with Gasteiger partial charge in [-0.3, -0.25) is 4.79 Å². The maximum atomic E-state index is 12.0. The molecular weight excluding hydrogens is 372 g/mol. The van der Waals surface area contributed by atoms with E-state index in [2.05, 4.69) is 20.8 Å². The predicted molar refractivity (Wildman–Crippen MR) is 103 cm³/mol. The van der Waals surface area contributed by atoms with Crippen molar-refractivity contribution in [2.24, 2.45) is 0 Å². The Hall–Kier alpha value is -2.52. The summed E-state index contributed by atoms with van der Waals surface area (Å²) in [6.07, 6.45) is 1.63.